The molecule has 4 rings (SSSR count). The smallest absolute Gasteiger partial charge is 0.274 e. The molecule has 6 nitrogen and oxygen atoms in total. The van der Waals surface area contributed by atoms with Crippen molar-refractivity contribution in [3.63, 3.8) is 0 Å². The van der Waals surface area contributed by atoms with Crippen molar-refractivity contribution >= 4 is 5.91 Å². The fourth-order valence-electron chi connectivity index (χ4n) is 4.02. The highest BCUT2D eigenvalue weighted by atomic mass is 16.5. The first kappa shape index (κ1) is 20.1. The summed E-state index contributed by atoms with van der Waals surface area (Å²) in [5.41, 5.74) is 3.95. The van der Waals surface area contributed by atoms with Crippen molar-refractivity contribution in [3.05, 3.63) is 77.4 Å². The Hall–Kier alpha value is -3.15. The number of benzene rings is 1. The van der Waals surface area contributed by atoms with E-state index in [1.54, 1.807) is 17.9 Å². The number of rotatable bonds is 6. The number of hydrogen-bond donors (Lipinski definition) is 0. The number of aromatic nitrogens is 3. The largest absolute Gasteiger partial charge is 0.497 e. The second-order valence-electron chi connectivity index (χ2n) is 7.77. The van der Waals surface area contributed by atoms with Gasteiger partial charge in [-0.05, 0) is 61.6 Å². The van der Waals surface area contributed by atoms with Crippen LogP contribution in [0.25, 0.3) is 0 Å². The van der Waals surface area contributed by atoms with Crippen LogP contribution in [-0.2, 0) is 13.0 Å². The summed E-state index contributed by atoms with van der Waals surface area (Å²) in [6.07, 6.45) is 6.67. The second kappa shape index (κ2) is 9.11. The van der Waals surface area contributed by atoms with Crippen molar-refractivity contribution in [2.75, 3.05) is 20.2 Å². The summed E-state index contributed by atoms with van der Waals surface area (Å²) in [6, 6.07) is 14.2. The Morgan fingerprint density at radius 3 is 2.83 bits per heavy atom. The summed E-state index contributed by atoms with van der Waals surface area (Å²) in [6.45, 7) is 4.26. The van der Waals surface area contributed by atoms with Crippen LogP contribution in [0.5, 0.6) is 5.75 Å². The molecule has 1 saturated heterocycles. The Morgan fingerprint density at radius 1 is 1.20 bits per heavy atom. The molecular formula is C24H28N4O2. The lowest BCUT2D eigenvalue weighted by Gasteiger charge is -2.32. The lowest BCUT2D eigenvalue weighted by molar-refractivity contribution is 0.0699. The SMILES string of the molecule is CCn1ccc(C(=O)N2CCC[C@@H](c3ccc(Cc4cccc(OC)c4)cn3)C2)n1. The highest BCUT2D eigenvalue weighted by Crippen LogP contribution is 2.27. The van der Waals surface area contributed by atoms with Crippen molar-refractivity contribution in [3.8, 4) is 5.75 Å². The number of carbonyl (C=O) groups is 1. The summed E-state index contributed by atoms with van der Waals surface area (Å²) in [7, 11) is 1.68. The van der Waals surface area contributed by atoms with Gasteiger partial charge >= 0.3 is 0 Å². The number of pyridine rings is 1. The van der Waals surface area contributed by atoms with Gasteiger partial charge in [-0.3, -0.25) is 14.5 Å². The van der Waals surface area contributed by atoms with Crippen LogP contribution in [0.2, 0.25) is 0 Å². The van der Waals surface area contributed by atoms with E-state index in [-0.39, 0.29) is 11.8 Å². The summed E-state index contributed by atoms with van der Waals surface area (Å²) in [5, 5.41) is 4.37. The van der Waals surface area contributed by atoms with Crippen molar-refractivity contribution in [2.45, 2.75) is 38.6 Å². The Kier molecular flexibility index (Phi) is 6.12. The maximum atomic E-state index is 12.8. The first-order chi connectivity index (χ1) is 14.7. The van der Waals surface area contributed by atoms with Crippen molar-refractivity contribution in [1.29, 1.82) is 0 Å². The van der Waals surface area contributed by atoms with E-state index in [1.807, 2.05) is 36.4 Å². The molecule has 1 aliphatic rings. The zero-order valence-corrected chi connectivity index (χ0v) is 17.6. The molecule has 2 aromatic heterocycles. The van der Waals surface area contributed by atoms with Crippen LogP contribution < -0.4 is 4.74 Å². The molecule has 0 spiro atoms. The molecule has 0 aliphatic carbocycles. The van der Waals surface area contributed by atoms with Gasteiger partial charge in [0.25, 0.3) is 5.91 Å². The maximum absolute atomic E-state index is 12.8. The van der Waals surface area contributed by atoms with E-state index in [9.17, 15) is 4.79 Å². The topological polar surface area (TPSA) is 60.2 Å². The lowest BCUT2D eigenvalue weighted by atomic mass is 9.93. The Morgan fingerprint density at radius 2 is 2.10 bits per heavy atom. The zero-order valence-electron chi connectivity index (χ0n) is 17.6. The molecule has 1 amide bonds. The van der Waals surface area contributed by atoms with Gasteiger partial charge in [-0.25, -0.2) is 0 Å². The van der Waals surface area contributed by atoms with Gasteiger partial charge in [-0.1, -0.05) is 18.2 Å². The monoisotopic (exact) mass is 404 g/mol. The number of nitrogens with zero attached hydrogens (tertiary/aromatic N) is 4. The highest BCUT2D eigenvalue weighted by molar-refractivity contribution is 5.92. The van der Waals surface area contributed by atoms with Crippen LogP contribution in [0.3, 0.4) is 0 Å². The van der Waals surface area contributed by atoms with Gasteiger partial charge in [0.15, 0.2) is 0 Å². The van der Waals surface area contributed by atoms with Crippen molar-refractivity contribution in [2.24, 2.45) is 0 Å². The number of methoxy groups -OCH3 is 1. The van der Waals surface area contributed by atoms with Gasteiger partial charge in [-0.15, -0.1) is 0 Å². The Labute approximate surface area is 177 Å². The van der Waals surface area contributed by atoms with E-state index >= 15 is 0 Å². The van der Waals surface area contributed by atoms with E-state index in [4.69, 9.17) is 9.72 Å². The first-order valence-corrected chi connectivity index (χ1v) is 10.6. The normalized spacial score (nSPS) is 16.5. The molecule has 30 heavy (non-hydrogen) atoms. The summed E-state index contributed by atoms with van der Waals surface area (Å²) >= 11 is 0. The lowest BCUT2D eigenvalue weighted by Crippen LogP contribution is -2.39. The quantitative estimate of drug-likeness (QED) is 0.625. The predicted octanol–water partition coefficient (Wildman–Crippen LogP) is 3.92. The average Bonchev–Trinajstić information content (AvgIpc) is 3.29. The van der Waals surface area contributed by atoms with E-state index in [2.05, 4.69) is 29.4 Å². The molecule has 1 fully saturated rings. The first-order valence-electron chi connectivity index (χ1n) is 10.6. The molecule has 3 heterocycles. The third-order valence-corrected chi connectivity index (χ3v) is 5.70. The third kappa shape index (κ3) is 4.53. The molecule has 0 N–H and O–H groups in total. The molecular weight excluding hydrogens is 376 g/mol. The fourth-order valence-corrected chi connectivity index (χ4v) is 4.02. The van der Waals surface area contributed by atoms with Crippen LogP contribution in [0.1, 0.15) is 53.0 Å². The number of amides is 1. The minimum absolute atomic E-state index is 0.0153. The van der Waals surface area contributed by atoms with Gasteiger partial charge in [0.1, 0.15) is 11.4 Å². The predicted molar refractivity (Wildman–Crippen MR) is 116 cm³/mol. The molecule has 156 valence electrons. The maximum Gasteiger partial charge on any atom is 0.274 e. The summed E-state index contributed by atoms with van der Waals surface area (Å²) < 4.78 is 7.10. The summed E-state index contributed by atoms with van der Waals surface area (Å²) in [5.74, 6) is 1.15. The molecule has 3 aromatic rings. The van der Waals surface area contributed by atoms with Gasteiger partial charge in [0, 0.05) is 43.6 Å². The molecule has 1 atom stereocenters. The fraction of sp³-hybridized carbons (Fsp3) is 0.375. The molecule has 6 heteroatoms. The number of carbonyl (C=O) groups excluding carboxylic acids is 1. The Bertz CT molecular complexity index is 996. The second-order valence-corrected chi connectivity index (χ2v) is 7.77. The molecule has 0 radical (unpaired) electrons. The van der Waals surface area contributed by atoms with E-state index in [0.29, 0.717) is 12.2 Å². The molecule has 0 bridgehead atoms. The van der Waals surface area contributed by atoms with Crippen LogP contribution in [0.15, 0.2) is 54.9 Å². The van der Waals surface area contributed by atoms with Gasteiger partial charge in [0.2, 0.25) is 0 Å². The molecule has 1 aliphatic heterocycles. The summed E-state index contributed by atoms with van der Waals surface area (Å²) in [4.78, 5) is 19.5. The minimum atomic E-state index is 0.0153. The molecule has 1 aromatic carbocycles. The van der Waals surface area contributed by atoms with Gasteiger partial charge in [-0.2, -0.15) is 5.10 Å². The van der Waals surface area contributed by atoms with Crippen LogP contribution >= 0.6 is 0 Å². The number of ether oxygens (including phenoxy) is 1. The average molecular weight is 405 g/mol. The molecule has 0 saturated carbocycles. The third-order valence-electron chi connectivity index (χ3n) is 5.70. The van der Waals surface area contributed by atoms with Crippen molar-refractivity contribution in [1.82, 2.24) is 19.7 Å². The minimum Gasteiger partial charge on any atom is -0.497 e. The van der Waals surface area contributed by atoms with Crippen molar-refractivity contribution < 1.29 is 9.53 Å². The standard InChI is InChI=1S/C24H28N4O2/c1-3-28-13-11-23(26-28)24(29)27-12-5-7-20(17-27)22-10-9-19(16-25-22)14-18-6-4-8-21(15-18)30-2/h4,6,8-11,13,15-16,20H,3,5,7,12,14,17H2,1-2H3/t20-/m1/s1. The van der Waals surface area contributed by atoms with Gasteiger partial charge in [0.05, 0.1) is 7.11 Å². The molecule has 0 unspecified atom stereocenters. The van der Waals surface area contributed by atoms with E-state index in [0.717, 1.165) is 43.8 Å². The number of piperidine rings is 1. The highest BCUT2D eigenvalue weighted by Gasteiger charge is 2.27. The van der Waals surface area contributed by atoms with E-state index in [1.165, 1.54) is 11.1 Å². The number of aryl methyl sites for hydroxylation is 1. The van der Waals surface area contributed by atoms with E-state index < -0.39 is 0 Å². The van der Waals surface area contributed by atoms with Crippen LogP contribution in [-0.4, -0.2) is 45.8 Å². The van der Waals surface area contributed by atoms with Crippen LogP contribution in [0, 0.1) is 0 Å². The van der Waals surface area contributed by atoms with Crippen LogP contribution in [0.4, 0.5) is 0 Å². The number of likely N-dealkylation sites (tertiary alicyclic amines) is 1. The zero-order chi connectivity index (χ0) is 20.9. The van der Waals surface area contributed by atoms with Gasteiger partial charge < -0.3 is 9.64 Å². The Balaban J connectivity index is 1.41. The number of hydrogen-bond acceptors (Lipinski definition) is 4.